The molecule has 0 saturated heterocycles. The van der Waals surface area contributed by atoms with Crippen LogP contribution < -0.4 is 5.73 Å². The van der Waals surface area contributed by atoms with Crippen molar-refractivity contribution in [3.05, 3.63) is 28.7 Å². The summed E-state index contributed by atoms with van der Waals surface area (Å²) in [5.74, 6) is 0.409. The van der Waals surface area contributed by atoms with Crippen LogP contribution in [0.5, 0.6) is 0 Å². The molecule has 0 aliphatic carbocycles. The quantitative estimate of drug-likeness (QED) is 0.788. The Hall–Kier alpha value is -1.13. The summed E-state index contributed by atoms with van der Waals surface area (Å²) >= 11 is 7.30. The molecule has 0 unspecified atom stereocenters. The summed E-state index contributed by atoms with van der Waals surface area (Å²) in [4.78, 5) is 1.05. The molecule has 2 aromatic heterocycles. The fraction of sp³-hybridized carbons (Fsp3) is 0. The van der Waals surface area contributed by atoms with Crippen LogP contribution in [0.25, 0.3) is 10.4 Å². The number of halogens is 1. The topological polar surface area (TPSA) is 51.8 Å². The Bertz CT molecular complexity index is 413. The van der Waals surface area contributed by atoms with Crippen LogP contribution in [-0.4, -0.2) is 10.2 Å². The summed E-state index contributed by atoms with van der Waals surface area (Å²) in [5.41, 5.74) is 6.50. The summed E-state index contributed by atoms with van der Waals surface area (Å²) in [5, 5.41) is 9.72. The van der Waals surface area contributed by atoms with Crippen molar-refractivity contribution in [1.82, 2.24) is 10.2 Å². The molecule has 13 heavy (non-hydrogen) atoms. The number of thiophene rings is 1. The Morgan fingerprint density at radius 2 is 2.23 bits per heavy atom. The van der Waals surface area contributed by atoms with Crippen molar-refractivity contribution in [2.75, 3.05) is 5.73 Å². The molecule has 66 valence electrons. The van der Waals surface area contributed by atoms with Gasteiger partial charge in [-0.3, -0.25) is 0 Å². The summed E-state index contributed by atoms with van der Waals surface area (Å²) in [6, 6.07) is 5.64. The molecule has 2 rings (SSSR count). The molecular formula is C8H6ClN3S. The first-order chi connectivity index (χ1) is 6.27. The molecule has 5 heteroatoms. The van der Waals surface area contributed by atoms with Gasteiger partial charge in [-0.1, -0.05) is 17.7 Å². The van der Waals surface area contributed by atoms with Crippen molar-refractivity contribution in [3.63, 3.8) is 0 Å². The van der Waals surface area contributed by atoms with Crippen LogP contribution >= 0.6 is 22.9 Å². The van der Waals surface area contributed by atoms with Crippen molar-refractivity contribution in [3.8, 4) is 10.4 Å². The maximum absolute atomic E-state index is 5.71. The maximum atomic E-state index is 5.71. The second-order valence-electron chi connectivity index (χ2n) is 2.44. The Morgan fingerprint density at radius 3 is 2.92 bits per heavy atom. The molecule has 0 radical (unpaired) electrons. The Labute approximate surface area is 84.2 Å². The first-order valence-corrected chi connectivity index (χ1v) is 4.86. The van der Waals surface area contributed by atoms with E-state index in [4.69, 9.17) is 17.3 Å². The number of anilines is 1. The van der Waals surface area contributed by atoms with Gasteiger partial charge in [0.15, 0.2) is 11.0 Å². The SMILES string of the molecule is Nc1nnc(Cl)cc1-c1cccs1. The molecule has 0 amide bonds. The summed E-state index contributed by atoms with van der Waals surface area (Å²) < 4.78 is 0. The molecule has 0 aromatic carbocycles. The molecule has 3 nitrogen and oxygen atoms in total. The monoisotopic (exact) mass is 211 g/mol. The molecule has 0 bridgehead atoms. The normalized spacial score (nSPS) is 10.2. The van der Waals surface area contributed by atoms with Gasteiger partial charge in [-0.25, -0.2) is 0 Å². The van der Waals surface area contributed by atoms with E-state index in [1.165, 1.54) is 0 Å². The van der Waals surface area contributed by atoms with Gasteiger partial charge in [0.1, 0.15) is 0 Å². The molecule has 2 heterocycles. The Balaban J connectivity index is 2.57. The van der Waals surface area contributed by atoms with Gasteiger partial charge in [-0.05, 0) is 17.5 Å². The average molecular weight is 212 g/mol. The van der Waals surface area contributed by atoms with Gasteiger partial charge in [0, 0.05) is 10.4 Å². The van der Waals surface area contributed by atoms with Crippen LogP contribution in [0.3, 0.4) is 0 Å². The number of nitrogens with two attached hydrogens (primary N) is 1. The number of aromatic nitrogens is 2. The Morgan fingerprint density at radius 1 is 1.38 bits per heavy atom. The minimum absolute atomic E-state index is 0.359. The third kappa shape index (κ3) is 1.64. The number of hydrogen-bond donors (Lipinski definition) is 1. The molecule has 0 aliphatic heterocycles. The van der Waals surface area contributed by atoms with E-state index in [9.17, 15) is 0 Å². The van der Waals surface area contributed by atoms with Crippen molar-refractivity contribution < 1.29 is 0 Å². The van der Waals surface area contributed by atoms with Gasteiger partial charge in [0.25, 0.3) is 0 Å². The lowest BCUT2D eigenvalue weighted by Gasteiger charge is -2.00. The van der Waals surface area contributed by atoms with E-state index in [1.807, 2.05) is 17.5 Å². The highest BCUT2D eigenvalue weighted by atomic mass is 35.5. The van der Waals surface area contributed by atoms with Gasteiger partial charge in [-0.15, -0.1) is 21.5 Å². The van der Waals surface area contributed by atoms with E-state index >= 15 is 0 Å². The summed E-state index contributed by atoms with van der Waals surface area (Å²) in [6.45, 7) is 0. The smallest absolute Gasteiger partial charge is 0.154 e. The third-order valence-electron chi connectivity index (χ3n) is 1.58. The Kier molecular flexibility index (Phi) is 2.16. The zero-order valence-electron chi connectivity index (χ0n) is 6.57. The van der Waals surface area contributed by atoms with Crippen LogP contribution in [-0.2, 0) is 0 Å². The molecular weight excluding hydrogens is 206 g/mol. The molecule has 2 N–H and O–H groups in total. The second-order valence-corrected chi connectivity index (χ2v) is 3.78. The highest BCUT2D eigenvalue weighted by molar-refractivity contribution is 7.13. The average Bonchev–Trinajstić information content (AvgIpc) is 2.61. The fourth-order valence-corrected chi connectivity index (χ4v) is 1.90. The van der Waals surface area contributed by atoms with E-state index in [0.29, 0.717) is 11.0 Å². The predicted molar refractivity (Wildman–Crippen MR) is 54.8 cm³/mol. The van der Waals surface area contributed by atoms with Crippen molar-refractivity contribution in [2.45, 2.75) is 0 Å². The van der Waals surface area contributed by atoms with Crippen LogP contribution in [0.15, 0.2) is 23.6 Å². The van der Waals surface area contributed by atoms with E-state index in [-0.39, 0.29) is 0 Å². The predicted octanol–water partition coefficient (Wildman–Crippen LogP) is 2.44. The van der Waals surface area contributed by atoms with E-state index in [2.05, 4.69) is 10.2 Å². The number of nitrogen functional groups attached to an aromatic ring is 1. The maximum Gasteiger partial charge on any atom is 0.154 e. The van der Waals surface area contributed by atoms with Crippen LogP contribution in [0.2, 0.25) is 5.15 Å². The molecule has 0 saturated carbocycles. The highest BCUT2D eigenvalue weighted by Gasteiger charge is 2.05. The minimum atomic E-state index is 0.359. The molecule has 0 aliphatic rings. The summed E-state index contributed by atoms with van der Waals surface area (Å²) in [7, 11) is 0. The lowest BCUT2D eigenvalue weighted by atomic mass is 10.2. The molecule has 0 fully saturated rings. The van der Waals surface area contributed by atoms with Gasteiger partial charge in [0.2, 0.25) is 0 Å². The van der Waals surface area contributed by atoms with E-state index < -0.39 is 0 Å². The van der Waals surface area contributed by atoms with Gasteiger partial charge >= 0.3 is 0 Å². The number of hydrogen-bond acceptors (Lipinski definition) is 4. The third-order valence-corrected chi connectivity index (χ3v) is 2.67. The van der Waals surface area contributed by atoms with Crippen molar-refractivity contribution >= 4 is 28.8 Å². The number of nitrogens with zero attached hydrogens (tertiary/aromatic N) is 2. The molecule has 0 spiro atoms. The molecule has 0 atom stereocenters. The largest absolute Gasteiger partial charge is 0.382 e. The van der Waals surface area contributed by atoms with Gasteiger partial charge in [0.05, 0.1) is 0 Å². The lowest BCUT2D eigenvalue weighted by molar-refractivity contribution is 1.05. The van der Waals surface area contributed by atoms with Crippen LogP contribution in [0.1, 0.15) is 0 Å². The van der Waals surface area contributed by atoms with Gasteiger partial charge in [-0.2, -0.15) is 0 Å². The van der Waals surface area contributed by atoms with Crippen LogP contribution in [0, 0.1) is 0 Å². The van der Waals surface area contributed by atoms with E-state index in [0.717, 1.165) is 10.4 Å². The minimum Gasteiger partial charge on any atom is -0.382 e. The highest BCUT2D eigenvalue weighted by Crippen LogP contribution is 2.29. The fourth-order valence-electron chi connectivity index (χ4n) is 1.01. The zero-order chi connectivity index (χ0) is 9.26. The summed E-state index contributed by atoms with van der Waals surface area (Å²) in [6.07, 6.45) is 0. The lowest BCUT2D eigenvalue weighted by Crippen LogP contribution is -1.95. The first kappa shape index (κ1) is 8.47. The molecule has 2 aromatic rings. The first-order valence-electron chi connectivity index (χ1n) is 3.60. The van der Waals surface area contributed by atoms with Gasteiger partial charge < -0.3 is 5.73 Å². The zero-order valence-corrected chi connectivity index (χ0v) is 8.14. The van der Waals surface area contributed by atoms with Crippen LogP contribution in [0.4, 0.5) is 5.82 Å². The van der Waals surface area contributed by atoms with Crippen molar-refractivity contribution in [1.29, 1.82) is 0 Å². The number of rotatable bonds is 1. The standard InChI is InChI=1S/C8H6ClN3S/c9-7-4-5(8(10)12-11-7)6-2-1-3-13-6/h1-4H,(H2,10,12). The van der Waals surface area contributed by atoms with E-state index in [1.54, 1.807) is 17.4 Å². The second kappa shape index (κ2) is 3.32. The van der Waals surface area contributed by atoms with Crippen molar-refractivity contribution in [2.24, 2.45) is 0 Å².